The number of hydrazone groups is 1. The van der Waals surface area contributed by atoms with Crippen LogP contribution in [0.5, 0.6) is 0 Å². The van der Waals surface area contributed by atoms with Crippen LogP contribution < -0.4 is 10.7 Å². The molecular weight excluding hydrogens is 282 g/mol. The third kappa shape index (κ3) is 3.39. The molecule has 19 heavy (non-hydrogen) atoms. The smallest absolute Gasteiger partial charge is 0.294 e. The lowest BCUT2D eigenvalue weighted by Crippen LogP contribution is -2.31. The van der Waals surface area contributed by atoms with Crippen molar-refractivity contribution in [3.8, 4) is 0 Å². The van der Waals surface area contributed by atoms with Gasteiger partial charge in [0.1, 0.15) is 0 Å². The van der Waals surface area contributed by atoms with Gasteiger partial charge < -0.3 is 5.32 Å². The maximum absolute atomic E-state index is 12.9. The van der Waals surface area contributed by atoms with Crippen LogP contribution in [-0.2, 0) is 10.1 Å². The van der Waals surface area contributed by atoms with E-state index in [1.807, 2.05) is 0 Å². The molecular formula is C9H8F2N4O3S. The van der Waals surface area contributed by atoms with Crippen LogP contribution in [-0.4, -0.2) is 24.1 Å². The fourth-order valence-corrected chi connectivity index (χ4v) is 1.86. The minimum atomic E-state index is -4.35. The molecule has 0 spiro atoms. The molecule has 1 aromatic carbocycles. The fourth-order valence-electron chi connectivity index (χ4n) is 1.33. The summed E-state index contributed by atoms with van der Waals surface area (Å²) in [5.41, 5.74) is 1.82. The number of hydrogen-bond acceptors (Lipinski definition) is 6. The summed E-state index contributed by atoms with van der Waals surface area (Å²) in [6.07, 6.45) is 0.871. The summed E-state index contributed by atoms with van der Waals surface area (Å²) in [6, 6.07) is 5.05. The molecule has 0 aromatic heterocycles. The second-order valence-electron chi connectivity index (χ2n) is 3.48. The molecule has 1 aromatic rings. The Hall–Kier alpha value is -2.20. The molecule has 102 valence electrons. The summed E-state index contributed by atoms with van der Waals surface area (Å²) >= 11 is 0. The average Bonchev–Trinajstić information content (AvgIpc) is 2.26. The number of anilines is 1. The quantitative estimate of drug-likeness (QED) is 0.430. The summed E-state index contributed by atoms with van der Waals surface area (Å²) in [5, 5.41) is 5.40. The van der Waals surface area contributed by atoms with Gasteiger partial charge in [0.15, 0.2) is 5.84 Å². The molecule has 10 heteroatoms. The molecule has 2 rings (SSSR count). The van der Waals surface area contributed by atoms with Gasteiger partial charge in [-0.1, -0.05) is 10.5 Å². The summed E-state index contributed by atoms with van der Waals surface area (Å²) in [4.78, 5) is -0.353. The van der Waals surface area contributed by atoms with E-state index in [-0.39, 0.29) is 21.8 Å². The molecule has 0 bridgehead atoms. The van der Waals surface area contributed by atoms with Crippen molar-refractivity contribution in [2.24, 2.45) is 5.10 Å². The number of benzene rings is 1. The molecule has 3 N–H and O–H groups in total. The lowest BCUT2D eigenvalue weighted by Gasteiger charge is -2.16. The fraction of sp³-hybridized carbons (Fsp3) is 0. The highest BCUT2D eigenvalue weighted by molar-refractivity contribution is 7.85. The molecule has 0 amide bonds. The van der Waals surface area contributed by atoms with Crippen LogP contribution in [0, 0.1) is 0 Å². The summed E-state index contributed by atoms with van der Waals surface area (Å²) in [6.45, 7) is 0. The van der Waals surface area contributed by atoms with E-state index >= 15 is 0 Å². The molecule has 0 saturated heterocycles. The Morgan fingerprint density at radius 2 is 2.16 bits per heavy atom. The second kappa shape index (κ2) is 4.82. The monoisotopic (exact) mass is 290 g/mol. The zero-order valence-corrected chi connectivity index (χ0v) is 10.0. The average molecular weight is 290 g/mol. The minimum absolute atomic E-state index is 0.188. The van der Waals surface area contributed by atoms with Gasteiger partial charge in [-0.05, 0) is 23.5 Å². The van der Waals surface area contributed by atoms with Crippen LogP contribution in [0.25, 0.3) is 0 Å². The van der Waals surface area contributed by atoms with Gasteiger partial charge in [0.05, 0.1) is 4.90 Å². The second-order valence-corrected chi connectivity index (χ2v) is 4.90. The van der Waals surface area contributed by atoms with Crippen LogP contribution in [0.2, 0.25) is 0 Å². The maximum atomic E-state index is 12.9. The maximum Gasteiger partial charge on any atom is 0.294 e. The molecule has 0 unspecified atom stereocenters. The van der Waals surface area contributed by atoms with Crippen LogP contribution >= 0.6 is 0 Å². The van der Waals surface area contributed by atoms with Crippen LogP contribution in [0.3, 0.4) is 0 Å². The van der Waals surface area contributed by atoms with E-state index in [2.05, 4.69) is 10.4 Å². The summed E-state index contributed by atoms with van der Waals surface area (Å²) in [5.74, 6) is -1.17. The van der Waals surface area contributed by atoms with Crippen molar-refractivity contribution >= 4 is 21.6 Å². The van der Waals surface area contributed by atoms with Crippen molar-refractivity contribution in [3.63, 3.8) is 0 Å². The zero-order chi connectivity index (χ0) is 14.0. The van der Waals surface area contributed by atoms with Crippen molar-refractivity contribution in [3.05, 3.63) is 36.3 Å². The summed E-state index contributed by atoms with van der Waals surface area (Å²) < 4.78 is 56.3. The Kier molecular flexibility index (Phi) is 3.36. The van der Waals surface area contributed by atoms with Crippen LogP contribution in [0.15, 0.2) is 46.3 Å². The van der Waals surface area contributed by atoms with Gasteiger partial charge in [0, 0.05) is 11.8 Å². The molecule has 0 fully saturated rings. The highest BCUT2D eigenvalue weighted by Crippen LogP contribution is 2.16. The molecule has 0 aliphatic carbocycles. The highest BCUT2D eigenvalue weighted by Gasteiger charge is 2.13. The highest BCUT2D eigenvalue weighted by atomic mass is 32.2. The lowest BCUT2D eigenvalue weighted by atomic mass is 10.3. The van der Waals surface area contributed by atoms with E-state index in [0.29, 0.717) is 0 Å². The Morgan fingerprint density at radius 1 is 1.42 bits per heavy atom. The van der Waals surface area contributed by atoms with Gasteiger partial charge in [-0.15, -0.1) is 5.10 Å². The molecule has 7 nitrogen and oxygen atoms in total. The van der Waals surface area contributed by atoms with Gasteiger partial charge in [0.2, 0.25) is 5.95 Å². The van der Waals surface area contributed by atoms with Gasteiger partial charge >= 0.3 is 0 Å². The summed E-state index contributed by atoms with van der Waals surface area (Å²) in [7, 11) is -4.35. The first kappa shape index (κ1) is 13.2. The molecule has 0 radical (unpaired) electrons. The first-order valence-electron chi connectivity index (χ1n) is 4.87. The Morgan fingerprint density at radius 3 is 2.79 bits per heavy atom. The predicted octanol–water partition coefficient (Wildman–Crippen LogP) is 1.17. The van der Waals surface area contributed by atoms with Gasteiger partial charge in [-0.25, -0.2) is 5.43 Å². The van der Waals surface area contributed by atoms with E-state index in [0.717, 1.165) is 12.1 Å². The first-order valence-corrected chi connectivity index (χ1v) is 6.31. The van der Waals surface area contributed by atoms with Crippen molar-refractivity contribution in [2.45, 2.75) is 4.90 Å². The topological polar surface area (TPSA) is 94.0 Å². The van der Waals surface area contributed by atoms with Gasteiger partial charge in [-0.2, -0.15) is 12.8 Å². The standard InChI is InChI=1S/C9H8F2N4O3S/c10-8-5-9(14-15(11)13-8)12-6-2-1-3-7(4-6)19(16,17)18/h1-5,13H,(H,12,14)(H,16,17,18). The van der Waals surface area contributed by atoms with E-state index < -0.39 is 16.1 Å². The van der Waals surface area contributed by atoms with Crippen LogP contribution in [0.1, 0.15) is 0 Å². The third-order valence-electron chi connectivity index (χ3n) is 2.06. The number of hydrazine groups is 1. The molecule has 1 aliphatic heterocycles. The number of nitrogens with one attached hydrogen (secondary N) is 2. The van der Waals surface area contributed by atoms with E-state index in [4.69, 9.17) is 4.55 Å². The number of amidine groups is 1. The Balaban J connectivity index is 2.25. The number of nitrogens with zero attached hydrogens (tertiary/aromatic N) is 2. The van der Waals surface area contributed by atoms with E-state index in [1.54, 1.807) is 5.43 Å². The van der Waals surface area contributed by atoms with Crippen molar-refractivity contribution in [1.29, 1.82) is 0 Å². The van der Waals surface area contributed by atoms with E-state index in [1.165, 1.54) is 18.2 Å². The Bertz CT molecular complexity index is 659. The van der Waals surface area contributed by atoms with Crippen molar-refractivity contribution < 1.29 is 21.8 Å². The van der Waals surface area contributed by atoms with Gasteiger partial charge in [0.25, 0.3) is 10.1 Å². The zero-order valence-electron chi connectivity index (χ0n) is 9.21. The Labute approximate surface area is 106 Å². The number of halogens is 2. The normalized spacial score (nSPS) is 15.4. The van der Waals surface area contributed by atoms with Crippen molar-refractivity contribution in [2.75, 3.05) is 5.32 Å². The largest absolute Gasteiger partial charge is 0.338 e. The number of rotatable bonds is 2. The first-order chi connectivity index (χ1) is 8.84. The molecule has 0 saturated carbocycles. The van der Waals surface area contributed by atoms with Gasteiger partial charge in [-0.3, -0.25) is 4.55 Å². The third-order valence-corrected chi connectivity index (χ3v) is 2.91. The molecule has 1 aliphatic rings. The van der Waals surface area contributed by atoms with E-state index in [9.17, 15) is 17.3 Å². The SMILES string of the molecule is O=S(=O)(O)c1cccc(NC2=NN(F)NC(F)=C2)c1. The molecule has 1 heterocycles. The predicted molar refractivity (Wildman–Crippen MR) is 62.6 cm³/mol. The van der Waals surface area contributed by atoms with Crippen molar-refractivity contribution in [1.82, 2.24) is 10.8 Å². The minimum Gasteiger partial charge on any atom is -0.338 e. The number of hydrogen-bond donors (Lipinski definition) is 3. The molecule has 0 atom stereocenters. The van der Waals surface area contributed by atoms with Crippen LogP contribution in [0.4, 0.5) is 14.6 Å². The lowest BCUT2D eigenvalue weighted by molar-refractivity contribution is -0.0274.